The number of hydrogen-bond donors (Lipinski definition) is 1. The number of carboxylic acid groups (broad SMARTS) is 1. The first kappa shape index (κ1) is 7.32. The summed E-state index contributed by atoms with van der Waals surface area (Å²) >= 11 is 0. The molecule has 6 heteroatoms. The second-order valence-corrected chi connectivity index (χ2v) is 3.10. The molecule has 1 heterocycles. The van der Waals surface area contributed by atoms with E-state index in [9.17, 15) is 9.70 Å². The van der Waals surface area contributed by atoms with Crippen LogP contribution in [0.1, 0.15) is 29.9 Å². The Kier molecular flexibility index (Phi) is 2.65. The Hall–Kier alpha value is -1.98. The lowest BCUT2D eigenvalue weighted by Gasteiger charge is -2.22. The lowest BCUT2D eigenvalue weighted by atomic mass is 10.0. The SMILES string of the molecule is [2H]c1nc([2H])c(C(CCC(=O)O)N(C)N=O)c([2H])c1[2H]. The van der Waals surface area contributed by atoms with E-state index in [1.54, 1.807) is 0 Å². The molecule has 0 amide bonds. The van der Waals surface area contributed by atoms with Crippen molar-refractivity contribution in [2.45, 2.75) is 18.9 Å². The molecule has 1 rings (SSSR count). The molecule has 0 bridgehead atoms. The molecule has 1 aromatic heterocycles. The Labute approximate surface area is 98.5 Å². The number of carbonyl (C=O) groups is 1. The van der Waals surface area contributed by atoms with Crippen molar-refractivity contribution in [2.24, 2.45) is 5.29 Å². The number of aliphatic carboxylic acids is 1. The number of carboxylic acids is 1. The fourth-order valence-electron chi connectivity index (χ4n) is 1.23. The van der Waals surface area contributed by atoms with E-state index in [1.165, 1.54) is 7.05 Å². The quantitative estimate of drug-likeness (QED) is 0.589. The molecule has 86 valence electrons. The van der Waals surface area contributed by atoms with Crippen molar-refractivity contribution in [3.8, 4) is 0 Å². The van der Waals surface area contributed by atoms with Crippen LogP contribution in [0.2, 0.25) is 0 Å². The van der Waals surface area contributed by atoms with Gasteiger partial charge in [-0.3, -0.25) is 14.8 Å². The van der Waals surface area contributed by atoms with Gasteiger partial charge in [0, 0.05) is 25.8 Å². The van der Waals surface area contributed by atoms with E-state index in [2.05, 4.69) is 10.3 Å². The smallest absolute Gasteiger partial charge is 0.303 e. The van der Waals surface area contributed by atoms with E-state index in [0.717, 1.165) is 5.01 Å². The first-order valence-corrected chi connectivity index (χ1v) is 4.51. The van der Waals surface area contributed by atoms with Gasteiger partial charge in [0.2, 0.25) is 0 Å². The van der Waals surface area contributed by atoms with Gasteiger partial charge in [-0.2, -0.15) is 0 Å². The first-order valence-electron chi connectivity index (χ1n) is 6.51. The fourth-order valence-corrected chi connectivity index (χ4v) is 1.23. The molecule has 1 unspecified atom stereocenters. The highest BCUT2D eigenvalue weighted by atomic mass is 16.4. The second kappa shape index (κ2) is 5.79. The van der Waals surface area contributed by atoms with E-state index in [0.29, 0.717) is 0 Å². The third-order valence-corrected chi connectivity index (χ3v) is 2.03. The van der Waals surface area contributed by atoms with Gasteiger partial charge in [0.25, 0.3) is 0 Å². The van der Waals surface area contributed by atoms with Crippen molar-refractivity contribution in [1.82, 2.24) is 9.99 Å². The van der Waals surface area contributed by atoms with Gasteiger partial charge in [-0.05, 0) is 18.0 Å². The summed E-state index contributed by atoms with van der Waals surface area (Å²) in [6.45, 7) is 0. The fraction of sp³-hybridized carbons (Fsp3) is 0.400. The highest BCUT2D eigenvalue weighted by Crippen LogP contribution is 2.23. The molecular weight excluding hydrogens is 210 g/mol. The first-order chi connectivity index (χ1) is 9.29. The molecule has 1 atom stereocenters. The Balaban J connectivity index is 3.29. The molecule has 0 aliphatic rings. The molecule has 6 nitrogen and oxygen atoms in total. The normalized spacial score (nSPS) is 15.3. The number of aromatic nitrogens is 1. The number of nitrogens with zero attached hydrogens (tertiary/aromatic N) is 3. The predicted molar refractivity (Wildman–Crippen MR) is 57.4 cm³/mol. The van der Waals surface area contributed by atoms with Gasteiger partial charge in [0.1, 0.15) is 0 Å². The van der Waals surface area contributed by atoms with E-state index in [1.807, 2.05) is 0 Å². The van der Waals surface area contributed by atoms with Crippen LogP contribution in [0.3, 0.4) is 0 Å². The van der Waals surface area contributed by atoms with E-state index >= 15 is 0 Å². The molecule has 0 aromatic carbocycles. The number of rotatable bonds is 6. The van der Waals surface area contributed by atoms with E-state index in [-0.39, 0.29) is 18.4 Å². The van der Waals surface area contributed by atoms with Crippen LogP contribution in [0.25, 0.3) is 0 Å². The maximum absolute atomic E-state index is 10.6. The van der Waals surface area contributed by atoms with Crippen LogP contribution >= 0.6 is 0 Å². The van der Waals surface area contributed by atoms with Gasteiger partial charge >= 0.3 is 5.97 Å². The summed E-state index contributed by atoms with van der Waals surface area (Å²) in [5.74, 6) is -1.09. The number of nitroso groups, excluding NO2 is 1. The summed E-state index contributed by atoms with van der Waals surface area (Å²) in [7, 11) is 1.29. The zero-order chi connectivity index (χ0) is 15.4. The highest BCUT2D eigenvalue weighted by Gasteiger charge is 2.18. The molecule has 0 saturated heterocycles. The second-order valence-electron chi connectivity index (χ2n) is 3.10. The molecule has 0 spiro atoms. The summed E-state index contributed by atoms with van der Waals surface area (Å²) < 4.78 is 30.3. The number of pyridine rings is 1. The molecule has 0 aliphatic heterocycles. The predicted octanol–water partition coefficient (Wildman–Crippen LogP) is 1.60. The van der Waals surface area contributed by atoms with Crippen LogP contribution in [0, 0.1) is 4.91 Å². The molecule has 1 N–H and O–H groups in total. The molecule has 16 heavy (non-hydrogen) atoms. The number of hydrogen-bond acceptors (Lipinski definition) is 4. The largest absolute Gasteiger partial charge is 0.481 e. The molecule has 1 aromatic rings. The Bertz CT molecular complexity index is 541. The highest BCUT2D eigenvalue weighted by molar-refractivity contribution is 5.66. The van der Waals surface area contributed by atoms with Gasteiger partial charge in [-0.1, -0.05) is 6.04 Å². The zero-order valence-electron chi connectivity index (χ0n) is 12.6. The van der Waals surface area contributed by atoms with Crippen molar-refractivity contribution in [2.75, 3.05) is 7.05 Å². The molecule has 0 radical (unpaired) electrons. The Morgan fingerprint density at radius 3 is 3.19 bits per heavy atom. The summed E-state index contributed by atoms with van der Waals surface area (Å²) in [5, 5.41) is 12.3. The van der Waals surface area contributed by atoms with Crippen LogP contribution in [0.4, 0.5) is 0 Å². The lowest BCUT2D eigenvalue weighted by molar-refractivity contribution is -0.137. The van der Waals surface area contributed by atoms with Gasteiger partial charge < -0.3 is 5.11 Å². The molecular formula is C10H13N3O3. The Morgan fingerprint density at radius 1 is 1.81 bits per heavy atom. The van der Waals surface area contributed by atoms with Gasteiger partial charge in [0.15, 0.2) is 0 Å². The van der Waals surface area contributed by atoms with Crippen molar-refractivity contribution in [3.05, 3.63) is 34.9 Å². The monoisotopic (exact) mass is 227 g/mol. The van der Waals surface area contributed by atoms with E-state index < -0.39 is 36.4 Å². The van der Waals surface area contributed by atoms with Crippen molar-refractivity contribution < 1.29 is 15.4 Å². The minimum atomic E-state index is -1.09. The summed E-state index contributed by atoms with van der Waals surface area (Å²) in [5.41, 5.74) is -0.0747. The topological polar surface area (TPSA) is 82.9 Å². The lowest BCUT2D eigenvalue weighted by Crippen LogP contribution is -2.19. The van der Waals surface area contributed by atoms with E-state index in [4.69, 9.17) is 10.6 Å². The van der Waals surface area contributed by atoms with Gasteiger partial charge in [-0.15, -0.1) is 4.91 Å². The Morgan fingerprint density at radius 2 is 2.56 bits per heavy atom. The molecule has 0 saturated carbocycles. The minimum absolute atomic E-state index is 0.0617. The standard InChI is InChI=1S/C10H13N3O3/c1-13(12-16)9(4-5-10(14)15)8-3-2-6-11-7-8/h2-3,6-7,9H,4-5H2,1H3,(H,14,15)/i2D,3D,6D,7D. The van der Waals surface area contributed by atoms with Crippen LogP contribution in [-0.4, -0.2) is 28.1 Å². The van der Waals surface area contributed by atoms with Gasteiger partial charge in [-0.25, -0.2) is 0 Å². The summed E-state index contributed by atoms with van der Waals surface area (Å²) in [6.07, 6.45) is -1.29. The van der Waals surface area contributed by atoms with Gasteiger partial charge in [0.05, 0.1) is 16.8 Å². The maximum atomic E-state index is 10.6. The maximum Gasteiger partial charge on any atom is 0.303 e. The zero-order valence-corrected chi connectivity index (χ0v) is 8.60. The third-order valence-electron chi connectivity index (χ3n) is 2.03. The average Bonchev–Trinajstić information content (AvgIpc) is 2.38. The average molecular weight is 227 g/mol. The van der Waals surface area contributed by atoms with Crippen LogP contribution in [-0.2, 0) is 4.79 Å². The van der Waals surface area contributed by atoms with Crippen molar-refractivity contribution in [1.29, 1.82) is 0 Å². The summed E-state index contributed by atoms with van der Waals surface area (Å²) in [6, 6.07) is -1.84. The molecule has 0 aliphatic carbocycles. The van der Waals surface area contributed by atoms with Crippen molar-refractivity contribution in [3.63, 3.8) is 0 Å². The van der Waals surface area contributed by atoms with Crippen LogP contribution < -0.4 is 0 Å². The minimum Gasteiger partial charge on any atom is -0.481 e. The molecule has 0 fully saturated rings. The summed E-state index contributed by atoms with van der Waals surface area (Å²) in [4.78, 5) is 24.8. The third kappa shape index (κ3) is 3.30. The van der Waals surface area contributed by atoms with Crippen molar-refractivity contribution >= 4 is 5.97 Å². The van der Waals surface area contributed by atoms with Crippen LogP contribution in [0.15, 0.2) is 29.7 Å². The van der Waals surface area contributed by atoms with Crippen LogP contribution in [0.5, 0.6) is 0 Å².